The molecular weight excluding hydrogens is 344 g/mol. The van der Waals surface area contributed by atoms with Crippen molar-refractivity contribution in [1.82, 2.24) is 9.97 Å². The van der Waals surface area contributed by atoms with Crippen LogP contribution in [0.25, 0.3) is 21.9 Å². The largest absolute Gasteiger partial charge is 0.456 e. The van der Waals surface area contributed by atoms with Crippen LogP contribution in [0, 0.1) is 13.8 Å². The number of aromatic nitrogens is 2. The lowest BCUT2D eigenvalue weighted by molar-refractivity contribution is -0.134. The highest BCUT2D eigenvalue weighted by atomic mass is 16.5. The Kier molecular flexibility index (Phi) is 4.24. The average Bonchev–Trinajstić information content (AvgIpc) is 2.99. The first-order valence-electron chi connectivity index (χ1n) is 8.69. The van der Waals surface area contributed by atoms with Gasteiger partial charge in [0, 0.05) is 22.0 Å². The Morgan fingerprint density at radius 3 is 2.70 bits per heavy atom. The lowest BCUT2D eigenvalue weighted by atomic mass is 10.1. The molecule has 0 amide bonds. The zero-order chi connectivity index (χ0) is 19.0. The van der Waals surface area contributed by atoms with Gasteiger partial charge in [0.1, 0.15) is 22.7 Å². The fourth-order valence-electron chi connectivity index (χ4n) is 3.22. The summed E-state index contributed by atoms with van der Waals surface area (Å²) in [6.45, 7) is 3.49. The van der Waals surface area contributed by atoms with Crippen LogP contribution in [0.3, 0.4) is 0 Å². The van der Waals surface area contributed by atoms with E-state index in [1.165, 1.54) is 0 Å². The summed E-state index contributed by atoms with van der Waals surface area (Å²) in [6.07, 6.45) is 0.378. The average molecular weight is 362 g/mol. The molecule has 2 aromatic heterocycles. The van der Waals surface area contributed by atoms with E-state index in [4.69, 9.17) is 9.15 Å². The van der Waals surface area contributed by atoms with Crippen molar-refractivity contribution in [2.24, 2.45) is 0 Å². The molecule has 2 aromatic carbocycles. The Bertz CT molecular complexity index is 1220. The number of carbonyl (C=O) groups is 1. The molecule has 4 aromatic rings. The van der Waals surface area contributed by atoms with Crippen LogP contribution in [0.15, 0.2) is 51.7 Å². The van der Waals surface area contributed by atoms with E-state index in [-0.39, 0.29) is 18.4 Å². The molecule has 0 radical (unpaired) electrons. The van der Waals surface area contributed by atoms with Crippen LogP contribution in [-0.2, 0) is 11.2 Å². The van der Waals surface area contributed by atoms with Crippen LogP contribution >= 0.6 is 0 Å². The third-order valence-corrected chi connectivity index (χ3v) is 4.50. The van der Waals surface area contributed by atoms with Gasteiger partial charge in [-0.1, -0.05) is 18.2 Å². The normalized spacial score (nSPS) is 11.2. The number of carbonyl (C=O) groups excluding carboxylic acids is 1. The van der Waals surface area contributed by atoms with E-state index < -0.39 is 5.97 Å². The number of nitrogens with one attached hydrogen (secondary N) is 1. The van der Waals surface area contributed by atoms with Gasteiger partial charge in [-0.3, -0.25) is 9.59 Å². The fourth-order valence-corrected chi connectivity index (χ4v) is 3.22. The van der Waals surface area contributed by atoms with E-state index in [0.717, 1.165) is 21.9 Å². The Labute approximate surface area is 154 Å². The molecule has 0 spiro atoms. The zero-order valence-electron chi connectivity index (χ0n) is 15.0. The van der Waals surface area contributed by atoms with E-state index >= 15 is 0 Å². The number of para-hydroxylation sites is 1. The minimum Gasteiger partial charge on any atom is -0.456 e. The number of furan rings is 1. The van der Waals surface area contributed by atoms with Crippen molar-refractivity contribution in [3.05, 3.63) is 69.9 Å². The van der Waals surface area contributed by atoms with Gasteiger partial charge in [-0.15, -0.1) is 0 Å². The van der Waals surface area contributed by atoms with Gasteiger partial charge in [-0.25, -0.2) is 4.98 Å². The summed E-state index contributed by atoms with van der Waals surface area (Å²) in [5.74, 6) is 0.609. The summed E-state index contributed by atoms with van der Waals surface area (Å²) < 4.78 is 11.2. The van der Waals surface area contributed by atoms with E-state index in [2.05, 4.69) is 9.97 Å². The predicted octanol–water partition coefficient (Wildman–Crippen LogP) is 3.82. The predicted molar refractivity (Wildman–Crippen MR) is 102 cm³/mol. The number of hydrogen-bond acceptors (Lipinski definition) is 5. The summed E-state index contributed by atoms with van der Waals surface area (Å²) in [4.78, 5) is 31.1. The SMILES string of the molecule is Cc1nc(C)c(CCC(=O)Oc2ccc3oc4ccccc4c3c2)c(=O)[nH]1. The van der Waals surface area contributed by atoms with Crippen molar-refractivity contribution in [3.8, 4) is 5.75 Å². The molecule has 4 rings (SSSR count). The Hall–Kier alpha value is -3.41. The third kappa shape index (κ3) is 3.33. The smallest absolute Gasteiger partial charge is 0.311 e. The Morgan fingerprint density at radius 2 is 1.89 bits per heavy atom. The standard InChI is InChI=1S/C21H18N2O4/c1-12-15(21(25)23-13(2)22-12)8-10-20(24)26-14-7-9-19-17(11-14)16-5-3-4-6-18(16)27-19/h3-7,9,11H,8,10H2,1-2H3,(H,22,23,25). The Morgan fingerprint density at radius 1 is 1.11 bits per heavy atom. The van der Waals surface area contributed by atoms with Gasteiger partial charge in [0.15, 0.2) is 0 Å². The van der Waals surface area contributed by atoms with Crippen molar-refractivity contribution in [2.45, 2.75) is 26.7 Å². The molecule has 6 heteroatoms. The van der Waals surface area contributed by atoms with E-state index in [9.17, 15) is 9.59 Å². The maximum Gasteiger partial charge on any atom is 0.311 e. The second kappa shape index (κ2) is 6.72. The molecule has 0 saturated carbocycles. The molecule has 0 aliphatic heterocycles. The van der Waals surface area contributed by atoms with Gasteiger partial charge in [0.25, 0.3) is 5.56 Å². The number of hydrogen-bond donors (Lipinski definition) is 1. The number of aryl methyl sites for hydroxylation is 2. The number of ether oxygens (including phenoxy) is 1. The van der Waals surface area contributed by atoms with Gasteiger partial charge < -0.3 is 14.1 Å². The van der Waals surface area contributed by atoms with Crippen LogP contribution in [0.2, 0.25) is 0 Å². The van der Waals surface area contributed by atoms with Crippen molar-refractivity contribution in [3.63, 3.8) is 0 Å². The van der Waals surface area contributed by atoms with Crippen LogP contribution in [0.4, 0.5) is 0 Å². The highest BCUT2D eigenvalue weighted by Gasteiger charge is 2.13. The van der Waals surface area contributed by atoms with Crippen LogP contribution in [0.1, 0.15) is 23.5 Å². The summed E-state index contributed by atoms with van der Waals surface area (Å²) in [7, 11) is 0. The third-order valence-electron chi connectivity index (χ3n) is 4.50. The lowest BCUT2D eigenvalue weighted by Gasteiger charge is -2.06. The number of benzene rings is 2. The van der Waals surface area contributed by atoms with Gasteiger partial charge in [0.05, 0.1) is 6.42 Å². The van der Waals surface area contributed by atoms with Crippen LogP contribution in [0.5, 0.6) is 5.75 Å². The maximum absolute atomic E-state index is 12.2. The molecule has 0 aliphatic rings. The second-order valence-corrected chi connectivity index (χ2v) is 6.45. The minimum atomic E-state index is -0.401. The van der Waals surface area contributed by atoms with Crippen LogP contribution in [-0.4, -0.2) is 15.9 Å². The quantitative estimate of drug-likeness (QED) is 0.441. The lowest BCUT2D eigenvalue weighted by Crippen LogP contribution is -2.19. The molecule has 0 saturated heterocycles. The number of rotatable bonds is 4. The first-order chi connectivity index (χ1) is 13.0. The number of aromatic amines is 1. The molecule has 6 nitrogen and oxygen atoms in total. The van der Waals surface area contributed by atoms with Gasteiger partial charge in [-0.2, -0.15) is 0 Å². The minimum absolute atomic E-state index is 0.0961. The summed E-state index contributed by atoms with van der Waals surface area (Å²) in [5.41, 5.74) is 2.46. The number of nitrogens with zero attached hydrogens (tertiary/aromatic N) is 1. The number of esters is 1. The first kappa shape index (κ1) is 17.0. The topological polar surface area (TPSA) is 85.2 Å². The van der Waals surface area contributed by atoms with E-state index in [1.54, 1.807) is 32.0 Å². The van der Waals surface area contributed by atoms with Crippen LogP contribution < -0.4 is 10.3 Å². The van der Waals surface area contributed by atoms with Crippen molar-refractivity contribution >= 4 is 27.9 Å². The number of H-pyrrole nitrogens is 1. The Balaban J connectivity index is 1.51. The molecule has 0 fully saturated rings. The van der Waals surface area contributed by atoms with Gasteiger partial charge in [0.2, 0.25) is 0 Å². The fraction of sp³-hybridized carbons (Fsp3) is 0.190. The summed E-state index contributed by atoms with van der Waals surface area (Å²) in [5, 5.41) is 1.87. The molecule has 136 valence electrons. The van der Waals surface area contributed by atoms with Gasteiger partial charge >= 0.3 is 5.97 Å². The zero-order valence-corrected chi connectivity index (χ0v) is 15.0. The van der Waals surface area contributed by atoms with E-state index in [0.29, 0.717) is 22.8 Å². The molecule has 1 N–H and O–H groups in total. The molecular formula is C21H18N2O4. The summed E-state index contributed by atoms with van der Waals surface area (Å²) >= 11 is 0. The maximum atomic E-state index is 12.2. The molecule has 0 atom stereocenters. The molecule has 0 bridgehead atoms. The molecule has 0 aliphatic carbocycles. The van der Waals surface area contributed by atoms with E-state index in [1.807, 2.05) is 24.3 Å². The van der Waals surface area contributed by atoms with Crippen molar-refractivity contribution < 1.29 is 13.9 Å². The van der Waals surface area contributed by atoms with Gasteiger partial charge in [-0.05, 0) is 44.5 Å². The first-order valence-corrected chi connectivity index (χ1v) is 8.69. The second-order valence-electron chi connectivity index (χ2n) is 6.45. The molecule has 27 heavy (non-hydrogen) atoms. The van der Waals surface area contributed by atoms with Crippen molar-refractivity contribution in [2.75, 3.05) is 0 Å². The monoisotopic (exact) mass is 362 g/mol. The highest BCUT2D eigenvalue weighted by molar-refractivity contribution is 6.05. The summed E-state index contributed by atoms with van der Waals surface area (Å²) in [6, 6.07) is 13.0. The molecule has 2 heterocycles. The highest BCUT2D eigenvalue weighted by Crippen LogP contribution is 2.31. The molecule has 0 unspecified atom stereocenters. The number of fused-ring (bicyclic) bond motifs is 3. The van der Waals surface area contributed by atoms with Crippen molar-refractivity contribution in [1.29, 1.82) is 0 Å².